The number of carbonyl (C=O) groups excluding carboxylic acids is 1. The smallest absolute Gasteiger partial charge is 0.306 e. The number of Topliss-reactive ketones (excluding diaryl/α,β-unsaturated/α-hetero) is 1. The van der Waals surface area contributed by atoms with Gasteiger partial charge in [-0.25, -0.2) is 8.78 Å². The van der Waals surface area contributed by atoms with E-state index in [0.29, 0.717) is 6.42 Å². The molecule has 0 saturated carbocycles. The van der Waals surface area contributed by atoms with Crippen LogP contribution in [0.5, 0.6) is 0 Å². The highest BCUT2D eigenvalue weighted by Crippen LogP contribution is 2.31. The van der Waals surface area contributed by atoms with Crippen LogP contribution in [0.1, 0.15) is 26.2 Å². The molecule has 1 saturated heterocycles. The third-order valence-electron chi connectivity index (χ3n) is 3.06. The van der Waals surface area contributed by atoms with Crippen molar-refractivity contribution in [2.24, 2.45) is 5.92 Å². The molecule has 0 aromatic rings. The van der Waals surface area contributed by atoms with Gasteiger partial charge in [-0.3, -0.25) is 4.79 Å². The van der Waals surface area contributed by atoms with E-state index in [1.807, 2.05) is 0 Å². The first kappa shape index (κ1) is 14.3. The molecule has 17 heavy (non-hydrogen) atoms. The van der Waals surface area contributed by atoms with Crippen molar-refractivity contribution >= 4 is 5.78 Å². The Labute approximate surface area is 95.6 Å². The lowest BCUT2D eigenvalue weighted by atomic mass is 9.92. The summed E-state index contributed by atoms with van der Waals surface area (Å²) in [5, 5.41) is 2.58. The quantitative estimate of drug-likeness (QED) is 0.786. The first-order chi connectivity index (χ1) is 7.75. The minimum atomic E-state index is -4.87. The summed E-state index contributed by atoms with van der Waals surface area (Å²) in [6.07, 6.45) is -7.86. The van der Waals surface area contributed by atoms with Crippen LogP contribution in [0.4, 0.5) is 22.0 Å². The highest BCUT2D eigenvalue weighted by molar-refractivity contribution is 5.84. The lowest BCUT2D eigenvalue weighted by molar-refractivity contribution is -0.172. The maximum atomic E-state index is 12.4. The molecule has 100 valence electrons. The van der Waals surface area contributed by atoms with E-state index in [9.17, 15) is 26.7 Å². The Morgan fingerprint density at radius 2 is 2.00 bits per heavy atom. The van der Waals surface area contributed by atoms with Crippen LogP contribution in [0.25, 0.3) is 0 Å². The van der Waals surface area contributed by atoms with Gasteiger partial charge in [0.1, 0.15) is 0 Å². The van der Waals surface area contributed by atoms with Crippen LogP contribution >= 0.6 is 0 Å². The van der Waals surface area contributed by atoms with E-state index in [1.165, 1.54) is 0 Å². The fourth-order valence-corrected chi connectivity index (χ4v) is 2.18. The van der Waals surface area contributed by atoms with Crippen molar-refractivity contribution in [3.8, 4) is 0 Å². The molecule has 0 aliphatic carbocycles. The van der Waals surface area contributed by atoms with Gasteiger partial charge in [-0.15, -0.1) is 0 Å². The molecule has 0 bridgehead atoms. The van der Waals surface area contributed by atoms with E-state index < -0.39 is 42.8 Å². The first-order valence-electron chi connectivity index (χ1n) is 5.40. The molecule has 1 fully saturated rings. The summed E-state index contributed by atoms with van der Waals surface area (Å²) in [5.74, 6) is -2.49. The van der Waals surface area contributed by atoms with Crippen molar-refractivity contribution in [2.75, 3.05) is 0 Å². The van der Waals surface area contributed by atoms with Gasteiger partial charge in [0.2, 0.25) is 5.78 Å². The molecule has 1 aliphatic rings. The standard InChI is InChI=1S/C10H14F5NO/c1-2-6-5(3-7(16-6)9(11)12)4-8(17)10(13,14)15/h5-7,9,16H,2-4H2,1H3/t5-,6+,7+/m1/s1. The van der Waals surface area contributed by atoms with Crippen LogP contribution in [0.15, 0.2) is 0 Å². The lowest BCUT2D eigenvalue weighted by Crippen LogP contribution is -2.35. The van der Waals surface area contributed by atoms with Gasteiger partial charge >= 0.3 is 6.18 Å². The SMILES string of the molecule is CC[C@@H]1N[C@H](C(F)F)C[C@@H]1CC(=O)C(F)(F)F. The predicted molar refractivity (Wildman–Crippen MR) is 50.8 cm³/mol. The third-order valence-corrected chi connectivity index (χ3v) is 3.06. The highest BCUT2D eigenvalue weighted by atomic mass is 19.4. The van der Waals surface area contributed by atoms with Crippen LogP contribution < -0.4 is 5.32 Å². The number of alkyl halides is 5. The van der Waals surface area contributed by atoms with E-state index in [4.69, 9.17) is 0 Å². The normalized spacial score (nSPS) is 29.9. The second-order valence-corrected chi connectivity index (χ2v) is 4.24. The molecule has 7 heteroatoms. The predicted octanol–water partition coefficient (Wildman–Crippen LogP) is 2.53. The second-order valence-electron chi connectivity index (χ2n) is 4.24. The second kappa shape index (κ2) is 5.29. The van der Waals surface area contributed by atoms with Crippen LogP contribution in [0.2, 0.25) is 0 Å². The van der Waals surface area contributed by atoms with Gasteiger partial charge in [0.15, 0.2) is 0 Å². The molecule has 0 unspecified atom stereocenters. The molecule has 1 heterocycles. The van der Waals surface area contributed by atoms with Crippen molar-refractivity contribution in [3.05, 3.63) is 0 Å². The molecular weight excluding hydrogens is 245 g/mol. The first-order valence-corrected chi connectivity index (χ1v) is 5.40. The van der Waals surface area contributed by atoms with Crippen molar-refractivity contribution in [1.82, 2.24) is 5.32 Å². The zero-order chi connectivity index (χ0) is 13.2. The third kappa shape index (κ3) is 3.62. The van der Waals surface area contributed by atoms with Crippen molar-refractivity contribution < 1.29 is 26.7 Å². The Bertz CT molecular complexity index is 278. The molecular formula is C10H14F5NO. The van der Waals surface area contributed by atoms with Gasteiger partial charge in [-0.1, -0.05) is 6.92 Å². The molecule has 0 radical (unpaired) electrons. The summed E-state index contributed by atoms with van der Waals surface area (Å²) < 4.78 is 61.1. The minimum absolute atomic E-state index is 0.0853. The number of nitrogens with one attached hydrogen (secondary N) is 1. The summed E-state index contributed by atoms with van der Waals surface area (Å²) in [6.45, 7) is 1.69. The zero-order valence-corrected chi connectivity index (χ0v) is 9.23. The number of hydrogen-bond acceptors (Lipinski definition) is 2. The number of carbonyl (C=O) groups is 1. The summed E-state index contributed by atoms with van der Waals surface area (Å²) in [4.78, 5) is 10.8. The summed E-state index contributed by atoms with van der Waals surface area (Å²) >= 11 is 0. The summed E-state index contributed by atoms with van der Waals surface area (Å²) in [7, 11) is 0. The van der Waals surface area contributed by atoms with Gasteiger partial charge in [0.25, 0.3) is 6.43 Å². The molecule has 1 rings (SSSR count). The fourth-order valence-electron chi connectivity index (χ4n) is 2.18. The van der Waals surface area contributed by atoms with Gasteiger partial charge in [0.05, 0.1) is 6.04 Å². The van der Waals surface area contributed by atoms with E-state index in [1.54, 1.807) is 6.92 Å². The Hall–Kier alpha value is -0.720. The van der Waals surface area contributed by atoms with Crippen LogP contribution in [0.3, 0.4) is 0 Å². The Morgan fingerprint density at radius 1 is 1.41 bits per heavy atom. The Balaban J connectivity index is 2.61. The largest absolute Gasteiger partial charge is 0.449 e. The van der Waals surface area contributed by atoms with Crippen molar-refractivity contribution in [3.63, 3.8) is 0 Å². The van der Waals surface area contributed by atoms with Gasteiger partial charge in [-0.2, -0.15) is 13.2 Å². The van der Waals surface area contributed by atoms with E-state index in [0.717, 1.165) is 0 Å². The maximum absolute atomic E-state index is 12.4. The summed E-state index contributed by atoms with van der Waals surface area (Å²) in [5.41, 5.74) is 0. The molecule has 0 aromatic heterocycles. The van der Waals surface area contributed by atoms with E-state index in [-0.39, 0.29) is 6.42 Å². The number of rotatable bonds is 4. The average Bonchev–Trinajstić information content (AvgIpc) is 2.59. The average molecular weight is 259 g/mol. The van der Waals surface area contributed by atoms with Crippen molar-refractivity contribution in [1.29, 1.82) is 0 Å². The highest BCUT2D eigenvalue weighted by Gasteiger charge is 2.44. The van der Waals surface area contributed by atoms with Crippen LogP contribution in [0, 0.1) is 5.92 Å². The van der Waals surface area contributed by atoms with Gasteiger partial charge in [0, 0.05) is 12.5 Å². The topological polar surface area (TPSA) is 29.1 Å². The summed E-state index contributed by atoms with van der Waals surface area (Å²) in [6, 6.07) is -1.55. The zero-order valence-electron chi connectivity index (χ0n) is 9.23. The molecule has 1 N–H and O–H groups in total. The number of ketones is 1. The van der Waals surface area contributed by atoms with Crippen LogP contribution in [-0.4, -0.2) is 30.5 Å². The van der Waals surface area contributed by atoms with E-state index in [2.05, 4.69) is 5.32 Å². The fraction of sp³-hybridized carbons (Fsp3) is 0.900. The Morgan fingerprint density at radius 3 is 2.41 bits per heavy atom. The molecule has 0 spiro atoms. The monoisotopic (exact) mass is 259 g/mol. The molecule has 3 atom stereocenters. The molecule has 0 aromatic carbocycles. The molecule has 1 aliphatic heterocycles. The van der Waals surface area contributed by atoms with Gasteiger partial charge in [-0.05, 0) is 18.8 Å². The van der Waals surface area contributed by atoms with Gasteiger partial charge < -0.3 is 5.32 Å². The maximum Gasteiger partial charge on any atom is 0.449 e. The van der Waals surface area contributed by atoms with Crippen molar-refractivity contribution in [2.45, 2.75) is 50.9 Å². The molecule has 2 nitrogen and oxygen atoms in total. The number of hydrogen-bond donors (Lipinski definition) is 1. The van der Waals surface area contributed by atoms with E-state index >= 15 is 0 Å². The molecule has 0 amide bonds. The number of halogens is 5. The minimum Gasteiger partial charge on any atom is -0.306 e. The lowest BCUT2D eigenvalue weighted by Gasteiger charge is -2.17. The Kier molecular flexibility index (Phi) is 4.46. The van der Waals surface area contributed by atoms with Crippen LogP contribution in [-0.2, 0) is 4.79 Å².